The number of rotatable bonds is 4. The van der Waals surface area contributed by atoms with Gasteiger partial charge in [-0.3, -0.25) is 0 Å². The third kappa shape index (κ3) is 2.90. The molecule has 3 nitrogen and oxygen atoms in total. The number of aromatic hydroxyl groups is 1. The van der Waals surface area contributed by atoms with Crippen molar-refractivity contribution in [2.24, 2.45) is 7.05 Å². The van der Waals surface area contributed by atoms with Gasteiger partial charge in [-0.2, -0.15) is 0 Å². The monoisotopic (exact) mass is 321 g/mol. The molecule has 1 N–H and O–H groups in total. The Morgan fingerprint density at radius 1 is 0.875 bits per heavy atom. The van der Waals surface area contributed by atoms with Crippen LogP contribution in [-0.4, -0.2) is 9.67 Å². The average Bonchev–Trinajstić information content (AvgIpc) is 2.79. The van der Waals surface area contributed by atoms with Crippen molar-refractivity contribution < 1.29 is 9.84 Å². The third-order valence-electron chi connectivity index (χ3n) is 4.63. The van der Waals surface area contributed by atoms with Crippen LogP contribution in [0.2, 0.25) is 0 Å². The van der Waals surface area contributed by atoms with Crippen LogP contribution in [0.4, 0.5) is 0 Å². The Kier molecular flexibility index (Phi) is 4.34. The Balaban J connectivity index is 1.86. The molecule has 0 unspecified atom stereocenters. The van der Waals surface area contributed by atoms with Crippen LogP contribution in [0.25, 0.3) is 11.1 Å². The lowest BCUT2D eigenvalue weighted by atomic mass is 10.1. The first-order valence-corrected chi connectivity index (χ1v) is 8.23. The topological polar surface area (TPSA) is 34.4 Å². The summed E-state index contributed by atoms with van der Waals surface area (Å²) in [7, 11) is 2.05. The molecular weight excluding hydrogens is 298 g/mol. The molecule has 0 spiro atoms. The van der Waals surface area contributed by atoms with Gasteiger partial charge in [-0.05, 0) is 61.2 Å². The molecule has 0 aliphatic heterocycles. The number of hydrogen-bond acceptors (Lipinski definition) is 2. The predicted molar refractivity (Wildman–Crippen MR) is 97.9 cm³/mol. The third-order valence-corrected chi connectivity index (χ3v) is 4.63. The van der Waals surface area contributed by atoms with E-state index in [1.165, 1.54) is 16.8 Å². The summed E-state index contributed by atoms with van der Waals surface area (Å²) in [6.07, 6.45) is 0.992. The number of hydrogen-bond donors (Lipinski definition) is 1. The van der Waals surface area contributed by atoms with Gasteiger partial charge in [0.25, 0.3) is 0 Å². The summed E-state index contributed by atoms with van der Waals surface area (Å²) in [5, 5.41) is 9.39. The van der Waals surface area contributed by atoms with Crippen LogP contribution >= 0.6 is 0 Å². The van der Waals surface area contributed by atoms with Gasteiger partial charge in [0.1, 0.15) is 11.5 Å². The molecule has 0 aliphatic carbocycles. The largest absolute Gasteiger partial charge is 0.508 e. The van der Waals surface area contributed by atoms with Crippen LogP contribution in [0, 0.1) is 13.8 Å². The van der Waals surface area contributed by atoms with Crippen molar-refractivity contribution in [1.29, 1.82) is 0 Å². The summed E-state index contributed by atoms with van der Waals surface area (Å²) >= 11 is 0. The molecule has 0 saturated heterocycles. The van der Waals surface area contributed by atoms with Crippen LogP contribution in [0.15, 0.2) is 48.5 Å². The minimum atomic E-state index is 0.278. The van der Waals surface area contributed by atoms with Crippen LogP contribution in [0.1, 0.15) is 23.7 Å². The average molecular weight is 321 g/mol. The highest BCUT2D eigenvalue weighted by atomic mass is 16.5. The lowest BCUT2D eigenvalue weighted by Crippen LogP contribution is -1.98. The molecule has 0 saturated carbocycles. The molecule has 0 amide bonds. The van der Waals surface area contributed by atoms with Crippen LogP contribution in [0.3, 0.4) is 0 Å². The van der Waals surface area contributed by atoms with Crippen LogP contribution in [0.5, 0.6) is 17.4 Å². The van der Waals surface area contributed by atoms with Gasteiger partial charge in [0.15, 0.2) is 0 Å². The highest BCUT2D eigenvalue weighted by Crippen LogP contribution is 2.32. The molecule has 24 heavy (non-hydrogen) atoms. The van der Waals surface area contributed by atoms with Gasteiger partial charge in [0.2, 0.25) is 5.88 Å². The summed E-state index contributed by atoms with van der Waals surface area (Å²) in [6.45, 7) is 6.42. The van der Waals surface area contributed by atoms with E-state index in [4.69, 9.17) is 4.74 Å². The van der Waals surface area contributed by atoms with E-state index in [0.717, 1.165) is 29.2 Å². The fourth-order valence-electron chi connectivity index (χ4n) is 3.13. The van der Waals surface area contributed by atoms with E-state index in [0.29, 0.717) is 0 Å². The van der Waals surface area contributed by atoms with Crippen LogP contribution < -0.4 is 4.74 Å². The molecule has 0 radical (unpaired) electrons. The number of phenols is 1. The lowest BCUT2D eigenvalue weighted by Gasteiger charge is -2.10. The van der Waals surface area contributed by atoms with Crippen LogP contribution in [-0.2, 0) is 13.5 Å². The van der Waals surface area contributed by atoms with Gasteiger partial charge in [0.05, 0.1) is 0 Å². The van der Waals surface area contributed by atoms with Crippen molar-refractivity contribution in [3.63, 3.8) is 0 Å². The summed E-state index contributed by atoms with van der Waals surface area (Å²) in [6, 6.07) is 15.2. The Hall–Kier alpha value is -2.68. The van der Waals surface area contributed by atoms with Gasteiger partial charge >= 0.3 is 0 Å². The van der Waals surface area contributed by atoms with E-state index < -0.39 is 0 Å². The summed E-state index contributed by atoms with van der Waals surface area (Å²) in [4.78, 5) is 0. The first-order valence-electron chi connectivity index (χ1n) is 8.23. The second-order valence-corrected chi connectivity index (χ2v) is 6.09. The molecule has 1 aromatic heterocycles. The Morgan fingerprint density at radius 2 is 1.42 bits per heavy atom. The minimum Gasteiger partial charge on any atom is -0.508 e. The van der Waals surface area contributed by atoms with Crippen molar-refractivity contribution in [3.05, 3.63) is 65.4 Å². The molecule has 0 fully saturated rings. The first kappa shape index (κ1) is 16.2. The zero-order chi connectivity index (χ0) is 17.3. The SMILES string of the molecule is CCc1c(C)c(C)c(Oc2ccc(-c3ccc(O)cc3)cc2)n1C. The molecule has 3 aromatic rings. The van der Waals surface area contributed by atoms with E-state index in [1.807, 2.05) is 36.4 Å². The molecule has 0 bridgehead atoms. The minimum absolute atomic E-state index is 0.278. The highest BCUT2D eigenvalue weighted by molar-refractivity contribution is 5.65. The smallest absolute Gasteiger partial charge is 0.203 e. The lowest BCUT2D eigenvalue weighted by molar-refractivity contribution is 0.437. The predicted octanol–water partition coefficient (Wildman–Crippen LogP) is 5.37. The summed E-state index contributed by atoms with van der Waals surface area (Å²) < 4.78 is 8.27. The second kappa shape index (κ2) is 6.44. The molecule has 2 aromatic carbocycles. The van der Waals surface area contributed by atoms with Gasteiger partial charge in [-0.1, -0.05) is 31.2 Å². The zero-order valence-corrected chi connectivity index (χ0v) is 14.6. The Bertz CT molecular complexity index is 843. The van der Waals surface area contributed by atoms with Crippen molar-refractivity contribution in [2.75, 3.05) is 0 Å². The maximum absolute atomic E-state index is 9.39. The van der Waals surface area contributed by atoms with Crippen molar-refractivity contribution in [2.45, 2.75) is 27.2 Å². The van der Waals surface area contributed by atoms with Gasteiger partial charge in [-0.25, -0.2) is 0 Å². The number of nitrogens with zero attached hydrogens (tertiary/aromatic N) is 1. The van der Waals surface area contributed by atoms with E-state index in [1.54, 1.807) is 12.1 Å². The van der Waals surface area contributed by atoms with E-state index in [9.17, 15) is 5.11 Å². The maximum Gasteiger partial charge on any atom is 0.203 e. The number of phenolic OH excluding ortho intramolecular Hbond substituents is 1. The fraction of sp³-hybridized carbons (Fsp3) is 0.238. The van der Waals surface area contributed by atoms with Crippen molar-refractivity contribution in [1.82, 2.24) is 4.57 Å². The first-order chi connectivity index (χ1) is 11.5. The quantitative estimate of drug-likeness (QED) is 0.701. The molecule has 124 valence electrons. The number of ether oxygens (including phenoxy) is 1. The highest BCUT2D eigenvalue weighted by Gasteiger charge is 2.15. The molecule has 0 atom stereocenters. The summed E-state index contributed by atoms with van der Waals surface area (Å²) in [5.41, 5.74) is 5.96. The maximum atomic E-state index is 9.39. The standard InChI is InChI=1S/C21H23NO2/c1-5-20-14(2)15(3)21(22(20)4)24-19-12-8-17(9-13-19)16-6-10-18(23)11-7-16/h6-13,23H,5H2,1-4H3. The second-order valence-electron chi connectivity index (χ2n) is 6.09. The van der Waals surface area contributed by atoms with E-state index in [2.05, 4.69) is 32.4 Å². The van der Waals surface area contributed by atoms with Gasteiger partial charge in [0, 0.05) is 18.3 Å². The van der Waals surface area contributed by atoms with Gasteiger partial charge < -0.3 is 14.4 Å². The van der Waals surface area contributed by atoms with Crippen molar-refractivity contribution in [3.8, 4) is 28.5 Å². The van der Waals surface area contributed by atoms with Crippen molar-refractivity contribution >= 4 is 0 Å². The Morgan fingerprint density at radius 3 is 1.92 bits per heavy atom. The molecule has 0 aliphatic rings. The molecular formula is C21H23NO2. The fourth-order valence-corrected chi connectivity index (χ4v) is 3.13. The number of aromatic nitrogens is 1. The van der Waals surface area contributed by atoms with E-state index in [-0.39, 0.29) is 5.75 Å². The number of benzene rings is 2. The molecule has 1 heterocycles. The zero-order valence-electron chi connectivity index (χ0n) is 14.6. The molecule has 3 heteroatoms. The molecule has 3 rings (SSSR count). The Labute approximate surface area is 143 Å². The van der Waals surface area contributed by atoms with Gasteiger partial charge in [-0.15, -0.1) is 0 Å². The normalized spacial score (nSPS) is 10.8. The van der Waals surface area contributed by atoms with E-state index >= 15 is 0 Å². The summed E-state index contributed by atoms with van der Waals surface area (Å²) in [5.74, 6) is 2.01.